The van der Waals surface area contributed by atoms with Crippen LogP contribution in [0.25, 0.3) is 11.5 Å². The Morgan fingerprint density at radius 3 is 2.45 bits per heavy atom. The summed E-state index contributed by atoms with van der Waals surface area (Å²) in [4.78, 5) is 22.3. The Kier molecular flexibility index (Phi) is 5.11. The van der Waals surface area contributed by atoms with Crippen LogP contribution in [-0.4, -0.2) is 24.9 Å². The molecule has 1 aromatic carbocycles. The van der Waals surface area contributed by atoms with Crippen LogP contribution in [-0.2, 0) is 6.42 Å². The Morgan fingerprint density at radius 1 is 0.862 bits per heavy atom. The number of aromatic nitrogens is 5. The first-order valence-corrected chi connectivity index (χ1v) is 9.28. The number of benzene rings is 1. The molecule has 0 fully saturated rings. The van der Waals surface area contributed by atoms with Crippen molar-refractivity contribution in [1.29, 1.82) is 0 Å². The minimum atomic E-state index is 0.558. The second-order valence-corrected chi connectivity index (χ2v) is 6.78. The molecule has 4 aromatic rings. The molecule has 0 aliphatic heterocycles. The highest BCUT2D eigenvalue weighted by Gasteiger charge is 2.07. The highest BCUT2D eigenvalue weighted by Crippen LogP contribution is 2.18. The lowest BCUT2D eigenvalue weighted by Crippen LogP contribution is -2.03. The van der Waals surface area contributed by atoms with Crippen molar-refractivity contribution in [2.75, 3.05) is 11.1 Å². The molecule has 0 saturated carbocycles. The molecule has 0 aliphatic rings. The Labute approximate surface area is 169 Å². The highest BCUT2D eigenvalue weighted by atomic mass is 15.1. The summed E-state index contributed by atoms with van der Waals surface area (Å²) in [6.45, 7) is 3.93. The Morgan fingerprint density at radius 2 is 1.66 bits per heavy atom. The van der Waals surface area contributed by atoms with Crippen LogP contribution in [0.2, 0.25) is 0 Å². The number of anilines is 3. The van der Waals surface area contributed by atoms with Gasteiger partial charge in [-0.15, -0.1) is 0 Å². The van der Waals surface area contributed by atoms with E-state index < -0.39 is 0 Å². The minimum Gasteiger partial charge on any atom is -0.399 e. The van der Waals surface area contributed by atoms with E-state index in [0.717, 1.165) is 28.2 Å². The van der Waals surface area contributed by atoms with Crippen LogP contribution in [0, 0.1) is 13.8 Å². The zero-order valence-electron chi connectivity index (χ0n) is 16.3. The van der Waals surface area contributed by atoms with Crippen LogP contribution in [0.1, 0.15) is 22.6 Å². The van der Waals surface area contributed by atoms with Gasteiger partial charge < -0.3 is 11.1 Å². The van der Waals surface area contributed by atoms with Crippen molar-refractivity contribution in [2.24, 2.45) is 0 Å². The predicted octanol–water partition coefficient (Wildman–Crippen LogP) is 3.86. The average Bonchev–Trinajstić information content (AvgIpc) is 2.71. The van der Waals surface area contributed by atoms with Gasteiger partial charge in [0.05, 0.1) is 0 Å². The predicted molar refractivity (Wildman–Crippen MR) is 114 cm³/mol. The summed E-state index contributed by atoms with van der Waals surface area (Å²) >= 11 is 0. The fraction of sp³-hybridized carbons (Fsp3) is 0.136. The van der Waals surface area contributed by atoms with Crippen LogP contribution < -0.4 is 11.1 Å². The van der Waals surface area contributed by atoms with E-state index in [9.17, 15) is 0 Å². The Hall–Kier alpha value is -3.87. The molecule has 7 nitrogen and oxygen atoms in total. The van der Waals surface area contributed by atoms with E-state index >= 15 is 0 Å². The molecule has 0 amide bonds. The maximum atomic E-state index is 6.01. The second kappa shape index (κ2) is 8.02. The summed E-state index contributed by atoms with van der Waals surface area (Å²) < 4.78 is 0. The molecule has 3 N–H and O–H groups in total. The number of pyridine rings is 1. The number of nitrogens with zero attached hydrogens (tertiary/aromatic N) is 5. The molecular formula is C22H21N7. The monoisotopic (exact) mass is 383 g/mol. The smallest absolute Gasteiger partial charge is 0.180 e. The molecule has 0 aliphatic carbocycles. The third-order valence-electron chi connectivity index (χ3n) is 4.44. The van der Waals surface area contributed by atoms with E-state index in [1.807, 2.05) is 50.2 Å². The molecule has 3 aromatic heterocycles. The number of nitrogen functional groups attached to an aromatic ring is 1. The quantitative estimate of drug-likeness (QED) is 0.504. The maximum absolute atomic E-state index is 6.01. The Bertz CT molecular complexity index is 1160. The molecule has 144 valence electrons. The largest absolute Gasteiger partial charge is 0.399 e. The van der Waals surface area contributed by atoms with Crippen molar-refractivity contribution in [2.45, 2.75) is 20.3 Å². The standard InChI is InChI=1S/C22H21N7/c1-14-6-7-16(12-17(14)23)13-21-24-10-8-19(28-21)27-20-9-11-25-22(29-20)18-5-3-4-15(2)26-18/h3-12H,13,23H2,1-2H3,(H,24,25,27,28,29). The molecule has 0 bridgehead atoms. The number of hydrogen-bond donors (Lipinski definition) is 2. The number of aryl methyl sites for hydroxylation is 2. The summed E-state index contributed by atoms with van der Waals surface area (Å²) in [6, 6.07) is 15.4. The van der Waals surface area contributed by atoms with Crippen LogP contribution in [0.15, 0.2) is 60.9 Å². The van der Waals surface area contributed by atoms with Gasteiger partial charge in [-0.1, -0.05) is 18.2 Å². The molecule has 0 atom stereocenters. The first kappa shape index (κ1) is 18.5. The van der Waals surface area contributed by atoms with Crippen molar-refractivity contribution in [1.82, 2.24) is 24.9 Å². The number of nitrogens with two attached hydrogens (primary N) is 1. The second-order valence-electron chi connectivity index (χ2n) is 6.78. The van der Waals surface area contributed by atoms with Crippen LogP contribution in [0.3, 0.4) is 0 Å². The molecule has 7 heteroatoms. The van der Waals surface area contributed by atoms with Crippen molar-refractivity contribution in [3.05, 3.63) is 83.6 Å². The van der Waals surface area contributed by atoms with Gasteiger partial charge in [-0.3, -0.25) is 0 Å². The van der Waals surface area contributed by atoms with Gasteiger partial charge in [-0.25, -0.2) is 24.9 Å². The summed E-state index contributed by atoms with van der Waals surface area (Å²) in [5, 5.41) is 3.22. The first-order chi connectivity index (χ1) is 14.1. The lowest BCUT2D eigenvalue weighted by Gasteiger charge is -2.08. The molecule has 0 radical (unpaired) electrons. The normalized spacial score (nSPS) is 10.7. The first-order valence-electron chi connectivity index (χ1n) is 9.28. The molecule has 29 heavy (non-hydrogen) atoms. The molecule has 4 rings (SSSR count). The molecule has 0 spiro atoms. The lowest BCUT2D eigenvalue weighted by molar-refractivity contribution is 0.969. The summed E-state index contributed by atoms with van der Waals surface area (Å²) in [7, 11) is 0. The zero-order chi connectivity index (χ0) is 20.2. The van der Waals surface area contributed by atoms with E-state index in [0.29, 0.717) is 29.7 Å². The number of nitrogens with one attached hydrogen (secondary N) is 1. The van der Waals surface area contributed by atoms with Crippen molar-refractivity contribution in [3.63, 3.8) is 0 Å². The molecule has 3 heterocycles. The Balaban J connectivity index is 1.53. The topological polar surface area (TPSA) is 102 Å². The van der Waals surface area contributed by atoms with E-state index in [1.165, 1.54) is 0 Å². The van der Waals surface area contributed by atoms with Gasteiger partial charge in [-0.2, -0.15) is 0 Å². The van der Waals surface area contributed by atoms with E-state index in [4.69, 9.17) is 5.73 Å². The van der Waals surface area contributed by atoms with Crippen LogP contribution in [0.4, 0.5) is 17.3 Å². The van der Waals surface area contributed by atoms with Gasteiger partial charge >= 0.3 is 0 Å². The fourth-order valence-corrected chi connectivity index (χ4v) is 2.89. The van der Waals surface area contributed by atoms with Crippen molar-refractivity contribution < 1.29 is 0 Å². The zero-order valence-corrected chi connectivity index (χ0v) is 16.3. The lowest BCUT2D eigenvalue weighted by atomic mass is 10.1. The third kappa shape index (κ3) is 4.52. The molecular weight excluding hydrogens is 362 g/mol. The average molecular weight is 383 g/mol. The highest BCUT2D eigenvalue weighted by molar-refractivity contribution is 5.56. The van der Waals surface area contributed by atoms with Gasteiger partial charge in [0, 0.05) is 30.2 Å². The number of rotatable bonds is 5. The van der Waals surface area contributed by atoms with Crippen molar-refractivity contribution >= 4 is 17.3 Å². The summed E-state index contributed by atoms with van der Waals surface area (Å²) in [6.07, 6.45) is 4.03. The van der Waals surface area contributed by atoms with E-state index in [1.54, 1.807) is 24.5 Å². The molecule has 0 unspecified atom stereocenters. The van der Waals surface area contributed by atoms with Crippen molar-refractivity contribution in [3.8, 4) is 11.5 Å². The van der Waals surface area contributed by atoms with Crippen LogP contribution in [0.5, 0.6) is 0 Å². The van der Waals surface area contributed by atoms with Gasteiger partial charge in [0.25, 0.3) is 0 Å². The maximum Gasteiger partial charge on any atom is 0.180 e. The molecule has 0 saturated heterocycles. The van der Waals surface area contributed by atoms with Gasteiger partial charge in [-0.05, 0) is 55.3 Å². The fourth-order valence-electron chi connectivity index (χ4n) is 2.89. The number of hydrogen-bond acceptors (Lipinski definition) is 7. The van der Waals surface area contributed by atoms with Gasteiger partial charge in [0.15, 0.2) is 5.82 Å². The third-order valence-corrected chi connectivity index (χ3v) is 4.44. The van der Waals surface area contributed by atoms with Gasteiger partial charge in [0.1, 0.15) is 23.2 Å². The van der Waals surface area contributed by atoms with E-state index in [-0.39, 0.29) is 0 Å². The SMILES string of the molecule is Cc1cccc(-c2nccc(Nc3ccnc(Cc4ccc(C)c(N)c4)n3)n2)n1. The summed E-state index contributed by atoms with van der Waals surface area (Å²) in [5.41, 5.74) is 10.6. The van der Waals surface area contributed by atoms with Gasteiger partial charge in [0.2, 0.25) is 0 Å². The van der Waals surface area contributed by atoms with E-state index in [2.05, 4.69) is 30.2 Å². The minimum absolute atomic E-state index is 0.558. The summed E-state index contributed by atoms with van der Waals surface area (Å²) in [5.74, 6) is 2.57. The van der Waals surface area contributed by atoms with Crippen LogP contribution >= 0.6 is 0 Å².